The van der Waals surface area contributed by atoms with Gasteiger partial charge in [0.1, 0.15) is 11.9 Å². The van der Waals surface area contributed by atoms with Gasteiger partial charge in [0.15, 0.2) is 0 Å². The second-order valence-corrected chi connectivity index (χ2v) is 4.75. The molecule has 0 aliphatic rings. The fraction of sp³-hybridized carbons (Fsp3) is 0.0667. The van der Waals surface area contributed by atoms with Crippen LogP contribution in [0.25, 0.3) is 0 Å². The van der Waals surface area contributed by atoms with Crippen LogP contribution in [-0.4, -0.2) is 5.91 Å². The van der Waals surface area contributed by atoms with E-state index in [-0.39, 0.29) is 16.1 Å². The van der Waals surface area contributed by atoms with Gasteiger partial charge >= 0.3 is 0 Å². The maximum absolute atomic E-state index is 13.2. The molecule has 2 aromatic rings. The molecule has 0 fully saturated rings. The van der Waals surface area contributed by atoms with E-state index in [1.54, 1.807) is 30.3 Å². The molecule has 0 bridgehead atoms. The van der Waals surface area contributed by atoms with Crippen LogP contribution >= 0.6 is 11.6 Å². The number of nitrogens with two attached hydrogens (primary N) is 1. The van der Waals surface area contributed by atoms with Crippen molar-refractivity contribution < 1.29 is 9.18 Å². The standard InChI is InChI=1S/C15H11ClFN3O/c16-13-3-2-11(6-12(13)15(19)21)20-8-9-1-4-14(17)10(5-9)7-18/h1-6,20H,8H2,(H2,19,21). The quantitative estimate of drug-likeness (QED) is 0.911. The number of benzene rings is 2. The molecule has 3 N–H and O–H groups in total. The normalized spacial score (nSPS) is 9.95. The number of nitrogens with zero attached hydrogens (tertiary/aromatic N) is 1. The summed E-state index contributed by atoms with van der Waals surface area (Å²) in [5.74, 6) is -1.17. The van der Waals surface area contributed by atoms with Gasteiger partial charge in [0.2, 0.25) is 5.91 Å². The Kier molecular flexibility index (Phi) is 4.41. The smallest absolute Gasteiger partial charge is 0.250 e. The number of carbonyl (C=O) groups is 1. The zero-order valence-electron chi connectivity index (χ0n) is 10.9. The number of rotatable bonds is 4. The van der Waals surface area contributed by atoms with Gasteiger partial charge < -0.3 is 11.1 Å². The zero-order chi connectivity index (χ0) is 15.4. The van der Waals surface area contributed by atoms with Crippen molar-refractivity contribution >= 4 is 23.2 Å². The summed E-state index contributed by atoms with van der Waals surface area (Å²) in [4.78, 5) is 11.2. The third-order valence-electron chi connectivity index (χ3n) is 2.88. The first-order chi connectivity index (χ1) is 10.0. The molecule has 2 rings (SSSR count). The number of nitriles is 1. The molecular formula is C15H11ClFN3O. The van der Waals surface area contributed by atoms with E-state index in [1.807, 2.05) is 0 Å². The van der Waals surface area contributed by atoms with Gasteiger partial charge in [-0.1, -0.05) is 17.7 Å². The van der Waals surface area contributed by atoms with E-state index in [2.05, 4.69) is 5.32 Å². The van der Waals surface area contributed by atoms with Crippen LogP contribution in [-0.2, 0) is 6.54 Å². The van der Waals surface area contributed by atoms with E-state index >= 15 is 0 Å². The minimum Gasteiger partial charge on any atom is -0.381 e. The molecule has 0 aliphatic heterocycles. The van der Waals surface area contributed by atoms with Crippen molar-refractivity contribution in [3.05, 3.63) is 63.9 Å². The number of primary amides is 1. The number of anilines is 1. The van der Waals surface area contributed by atoms with Crippen LogP contribution in [0.2, 0.25) is 5.02 Å². The van der Waals surface area contributed by atoms with Gasteiger partial charge in [-0.05, 0) is 35.9 Å². The van der Waals surface area contributed by atoms with Gasteiger partial charge in [0.25, 0.3) is 0 Å². The van der Waals surface area contributed by atoms with Crippen LogP contribution in [0, 0.1) is 17.1 Å². The molecule has 0 spiro atoms. The fourth-order valence-electron chi connectivity index (χ4n) is 1.80. The molecule has 0 atom stereocenters. The number of hydrogen-bond donors (Lipinski definition) is 2. The monoisotopic (exact) mass is 303 g/mol. The largest absolute Gasteiger partial charge is 0.381 e. The summed E-state index contributed by atoms with van der Waals surface area (Å²) in [7, 11) is 0. The topological polar surface area (TPSA) is 78.9 Å². The molecule has 0 aromatic heterocycles. The molecule has 0 saturated heterocycles. The van der Waals surface area contributed by atoms with Crippen molar-refractivity contribution in [3.8, 4) is 6.07 Å². The average Bonchev–Trinajstić information content (AvgIpc) is 2.47. The molecule has 4 nitrogen and oxygen atoms in total. The molecule has 0 aliphatic carbocycles. The molecule has 0 radical (unpaired) electrons. The molecular weight excluding hydrogens is 293 g/mol. The summed E-state index contributed by atoms with van der Waals surface area (Å²) < 4.78 is 13.2. The minimum absolute atomic E-state index is 0.0109. The maximum Gasteiger partial charge on any atom is 0.250 e. The SMILES string of the molecule is N#Cc1cc(CNc2ccc(Cl)c(C(N)=O)c2)ccc1F. The van der Waals surface area contributed by atoms with Crippen molar-refractivity contribution in [1.29, 1.82) is 5.26 Å². The van der Waals surface area contributed by atoms with Gasteiger partial charge in [0.05, 0.1) is 16.1 Å². The van der Waals surface area contributed by atoms with Crippen LogP contribution in [0.4, 0.5) is 10.1 Å². The predicted molar refractivity (Wildman–Crippen MR) is 78.4 cm³/mol. The number of nitrogens with one attached hydrogen (secondary N) is 1. The third kappa shape index (κ3) is 3.50. The van der Waals surface area contributed by atoms with Crippen LogP contribution in [0.1, 0.15) is 21.5 Å². The molecule has 0 saturated carbocycles. The minimum atomic E-state index is -0.614. The molecule has 0 unspecified atom stereocenters. The Hall–Kier alpha value is -2.58. The Morgan fingerprint density at radius 3 is 2.76 bits per heavy atom. The lowest BCUT2D eigenvalue weighted by Crippen LogP contribution is -2.12. The van der Waals surface area contributed by atoms with E-state index in [4.69, 9.17) is 22.6 Å². The second-order valence-electron chi connectivity index (χ2n) is 4.34. The van der Waals surface area contributed by atoms with Gasteiger partial charge in [-0.3, -0.25) is 4.79 Å². The maximum atomic E-state index is 13.2. The first-order valence-corrected chi connectivity index (χ1v) is 6.41. The summed E-state index contributed by atoms with van der Waals surface area (Å²) >= 11 is 5.86. The lowest BCUT2D eigenvalue weighted by atomic mass is 10.1. The van der Waals surface area contributed by atoms with E-state index in [9.17, 15) is 9.18 Å². The zero-order valence-corrected chi connectivity index (χ0v) is 11.6. The summed E-state index contributed by atoms with van der Waals surface area (Å²) in [6, 6.07) is 10.9. The Bertz CT molecular complexity index is 740. The summed E-state index contributed by atoms with van der Waals surface area (Å²) in [5, 5.41) is 12.1. The molecule has 106 valence electrons. The summed E-state index contributed by atoms with van der Waals surface area (Å²) in [5.41, 5.74) is 6.81. The Morgan fingerprint density at radius 1 is 1.33 bits per heavy atom. The van der Waals surface area contributed by atoms with Crippen LogP contribution in [0.15, 0.2) is 36.4 Å². The van der Waals surface area contributed by atoms with Gasteiger partial charge in [-0.15, -0.1) is 0 Å². The van der Waals surface area contributed by atoms with E-state index < -0.39 is 11.7 Å². The highest BCUT2D eigenvalue weighted by Crippen LogP contribution is 2.21. The molecule has 21 heavy (non-hydrogen) atoms. The molecule has 2 aromatic carbocycles. The van der Waals surface area contributed by atoms with Gasteiger partial charge in [-0.2, -0.15) is 5.26 Å². The highest BCUT2D eigenvalue weighted by molar-refractivity contribution is 6.33. The highest BCUT2D eigenvalue weighted by atomic mass is 35.5. The predicted octanol–water partition coefficient (Wildman–Crippen LogP) is 3.06. The van der Waals surface area contributed by atoms with Crippen molar-refractivity contribution in [2.45, 2.75) is 6.54 Å². The number of amides is 1. The van der Waals surface area contributed by atoms with Crippen molar-refractivity contribution in [2.24, 2.45) is 5.73 Å². The van der Waals surface area contributed by atoms with E-state index in [0.717, 1.165) is 5.56 Å². The van der Waals surface area contributed by atoms with Crippen molar-refractivity contribution in [1.82, 2.24) is 0 Å². The lowest BCUT2D eigenvalue weighted by Gasteiger charge is -2.09. The van der Waals surface area contributed by atoms with E-state index in [1.165, 1.54) is 12.1 Å². The lowest BCUT2D eigenvalue weighted by molar-refractivity contribution is 0.100. The summed E-state index contributed by atoms with van der Waals surface area (Å²) in [6.45, 7) is 0.370. The van der Waals surface area contributed by atoms with Crippen LogP contribution in [0.3, 0.4) is 0 Å². The first kappa shape index (κ1) is 14.8. The van der Waals surface area contributed by atoms with Gasteiger partial charge in [0, 0.05) is 12.2 Å². The number of halogens is 2. The van der Waals surface area contributed by atoms with Gasteiger partial charge in [-0.25, -0.2) is 4.39 Å². The number of hydrogen-bond acceptors (Lipinski definition) is 3. The molecule has 6 heteroatoms. The van der Waals surface area contributed by atoms with E-state index in [0.29, 0.717) is 12.2 Å². The highest BCUT2D eigenvalue weighted by Gasteiger charge is 2.08. The first-order valence-electron chi connectivity index (χ1n) is 6.03. The second kappa shape index (κ2) is 6.25. The molecule has 0 heterocycles. The summed E-state index contributed by atoms with van der Waals surface area (Å²) in [6.07, 6.45) is 0. The molecule has 1 amide bonds. The Labute approximate surface area is 125 Å². The third-order valence-corrected chi connectivity index (χ3v) is 3.21. The Morgan fingerprint density at radius 2 is 2.10 bits per heavy atom. The van der Waals surface area contributed by atoms with Crippen molar-refractivity contribution in [3.63, 3.8) is 0 Å². The van der Waals surface area contributed by atoms with Crippen LogP contribution < -0.4 is 11.1 Å². The Balaban J connectivity index is 2.15. The van der Waals surface area contributed by atoms with Crippen molar-refractivity contribution in [2.75, 3.05) is 5.32 Å². The fourth-order valence-corrected chi connectivity index (χ4v) is 2.01. The van der Waals surface area contributed by atoms with Crippen LogP contribution in [0.5, 0.6) is 0 Å². The average molecular weight is 304 g/mol. The number of carbonyl (C=O) groups excluding carboxylic acids is 1.